The molecule has 1 fully saturated rings. The molecule has 0 unspecified atom stereocenters. The Kier molecular flexibility index (Phi) is 7.40. The first-order chi connectivity index (χ1) is 15.6. The lowest BCUT2D eigenvalue weighted by atomic mass is 10.1. The number of morpholine rings is 1. The summed E-state index contributed by atoms with van der Waals surface area (Å²) in [7, 11) is 1.66. The molecule has 32 heavy (non-hydrogen) atoms. The maximum atomic E-state index is 6.55. The first-order valence-electron chi connectivity index (χ1n) is 10.8. The number of aryl methyl sites for hydroxylation is 1. The van der Waals surface area contributed by atoms with Crippen LogP contribution >= 0.6 is 11.6 Å². The summed E-state index contributed by atoms with van der Waals surface area (Å²) >= 11 is 6.55. The highest BCUT2D eigenvalue weighted by atomic mass is 35.5. The van der Waals surface area contributed by atoms with Gasteiger partial charge in [0.15, 0.2) is 11.5 Å². The zero-order valence-electron chi connectivity index (χ0n) is 18.6. The largest absolute Gasteiger partial charge is 0.493 e. The molecule has 0 spiro atoms. The molecule has 0 amide bonds. The van der Waals surface area contributed by atoms with Crippen molar-refractivity contribution in [3.63, 3.8) is 0 Å². The molecule has 1 aliphatic heterocycles. The normalized spacial score (nSPS) is 13.7. The van der Waals surface area contributed by atoms with Crippen molar-refractivity contribution in [3.05, 3.63) is 82.4 Å². The van der Waals surface area contributed by atoms with E-state index in [-0.39, 0.29) is 0 Å². The number of nitrogens with one attached hydrogen (secondary N) is 1. The van der Waals surface area contributed by atoms with Gasteiger partial charge in [-0.2, -0.15) is 0 Å². The van der Waals surface area contributed by atoms with E-state index >= 15 is 0 Å². The second kappa shape index (κ2) is 10.6. The fourth-order valence-corrected chi connectivity index (χ4v) is 3.97. The van der Waals surface area contributed by atoms with E-state index in [0.29, 0.717) is 13.2 Å². The Balaban J connectivity index is 1.36. The summed E-state index contributed by atoms with van der Waals surface area (Å²) in [5, 5.41) is 4.19. The molecule has 0 bridgehead atoms. The summed E-state index contributed by atoms with van der Waals surface area (Å²) in [4.78, 5) is 2.26. The Bertz CT molecular complexity index is 1030. The van der Waals surface area contributed by atoms with Crippen molar-refractivity contribution >= 4 is 23.0 Å². The number of nitrogens with zero attached hydrogens (tertiary/aromatic N) is 1. The number of ether oxygens (including phenoxy) is 3. The molecular weight excluding hydrogens is 424 g/mol. The Morgan fingerprint density at radius 3 is 2.41 bits per heavy atom. The van der Waals surface area contributed by atoms with Gasteiger partial charge in [0.2, 0.25) is 0 Å². The summed E-state index contributed by atoms with van der Waals surface area (Å²) in [5.41, 5.74) is 5.49. The van der Waals surface area contributed by atoms with Crippen LogP contribution in [0.25, 0.3) is 0 Å². The molecule has 1 aliphatic rings. The quantitative estimate of drug-likeness (QED) is 0.476. The van der Waals surface area contributed by atoms with Gasteiger partial charge in [0.1, 0.15) is 6.61 Å². The fraction of sp³-hybridized carbons (Fsp3) is 0.308. The average molecular weight is 453 g/mol. The summed E-state index contributed by atoms with van der Waals surface area (Å²) in [6, 6.07) is 20.4. The van der Waals surface area contributed by atoms with E-state index in [1.807, 2.05) is 24.3 Å². The van der Waals surface area contributed by atoms with E-state index in [4.69, 9.17) is 25.8 Å². The highest BCUT2D eigenvalue weighted by Gasteiger charge is 2.14. The van der Waals surface area contributed by atoms with Crippen molar-refractivity contribution in [1.29, 1.82) is 0 Å². The van der Waals surface area contributed by atoms with Crippen LogP contribution in [0.2, 0.25) is 5.02 Å². The van der Waals surface area contributed by atoms with Crippen LogP contribution in [0.4, 0.5) is 11.4 Å². The number of hydrogen-bond acceptors (Lipinski definition) is 5. The summed E-state index contributed by atoms with van der Waals surface area (Å²) < 4.78 is 17.0. The minimum Gasteiger partial charge on any atom is -0.493 e. The lowest BCUT2D eigenvalue weighted by molar-refractivity contribution is 0.122. The Hall–Kier alpha value is -2.89. The van der Waals surface area contributed by atoms with Crippen LogP contribution in [0.3, 0.4) is 0 Å². The second-order valence-corrected chi connectivity index (χ2v) is 8.29. The molecule has 0 aliphatic carbocycles. The monoisotopic (exact) mass is 452 g/mol. The van der Waals surface area contributed by atoms with Crippen molar-refractivity contribution in [2.24, 2.45) is 0 Å². The second-order valence-electron chi connectivity index (χ2n) is 7.88. The molecule has 0 aromatic heterocycles. The lowest BCUT2D eigenvalue weighted by Crippen LogP contribution is -2.36. The van der Waals surface area contributed by atoms with Crippen LogP contribution < -0.4 is 19.7 Å². The smallest absolute Gasteiger partial charge is 0.161 e. The molecule has 6 heteroatoms. The molecule has 4 rings (SSSR count). The standard InChI is InChI=1S/C26H29ClN2O3/c1-19-3-5-20(6-4-19)18-32-25-10-7-21(15-26(25)30-2)17-28-22-8-9-24(23(27)16-22)29-11-13-31-14-12-29/h3-10,15-16,28H,11-14,17-18H2,1-2H3. The Morgan fingerprint density at radius 2 is 1.69 bits per heavy atom. The van der Waals surface area contributed by atoms with Gasteiger partial charge in [0.05, 0.1) is 31.0 Å². The minimum absolute atomic E-state index is 0.502. The van der Waals surface area contributed by atoms with E-state index in [1.165, 1.54) is 5.56 Å². The predicted octanol–water partition coefficient (Wildman–Crippen LogP) is 5.68. The Morgan fingerprint density at radius 1 is 0.938 bits per heavy atom. The fourth-order valence-electron chi connectivity index (χ4n) is 3.67. The SMILES string of the molecule is COc1cc(CNc2ccc(N3CCOCC3)c(Cl)c2)ccc1OCc1ccc(C)cc1. The van der Waals surface area contributed by atoms with Gasteiger partial charge in [-0.1, -0.05) is 47.5 Å². The molecule has 1 saturated heterocycles. The third-order valence-corrected chi connectivity index (χ3v) is 5.84. The maximum absolute atomic E-state index is 6.55. The average Bonchev–Trinajstić information content (AvgIpc) is 2.83. The molecule has 0 saturated carbocycles. The van der Waals surface area contributed by atoms with Crippen LogP contribution in [-0.2, 0) is 17.9 Å². The molecule has 0 radical (unpaired) electrons. The van der Waals surface area contributed by atoms with Gasteiger partial charge < -0.3 is 24.4 Å². The van der Waals surface area contributed by atoms with E-state index in [9.17, 15) is 0 Å². The number of halogens is 1. The van der Waals surface area contributed by atoms with E-state index in [0.717, 1.165) is 65.3 Å². The first kappa shape index (κ1) is 22.3. The van der Waals surface area contributed by atoms with Gasteiger partial charge >= 0.3 is 0 Å². The molecule has 3 aromatic carbocycles. The van der Waals surface area contributed by atoms with E-state index in [1.54, 1.807) is 7.11 Å². The van der Waals surface area contributed by atoms with Crippen molar-refractivity contribution in [2.45, 2.75) is 20.1 Å². The van der Waals surface area contributed by atoms with Gasteiger partial charge in [-0.05, 0) is 48.4 Å². The van der Waals surface area contributed by atoms with E-state index in [2.05, 4.69) is 53.5 Å². The number of hydrogen-bond donors (Lipinski definition) is 1. The third-order valence-electron chi connectivity index (χ3n) is 5.54. The molecule has 1 heterocycles. The minimum atomic E-state index is 0.502. The number of anilines is 2. The lowest BCUT2D eigenvalue weighted by Gasteiger charge is -2.29. The van der Waals surface area contributed by atoms with Crippen molar-refractivity contribution in [2.75, 3.05) is 43.6 Å². The topological polar surface area (TPSA) is 43.0 Å². The summed E-state index contributed by atoms with van der Waals surface area (Å²) in [5.74, 6) is 1.45. The molecule has 1 N–H and O–H groups in total. The molecular formula is C26H29ClN2O3. The molecule has 3 aromatic rings. The van der Waals surface area contributed by atoms with Crippen molar-refractivity contribution in [3.8, 4) is 11.5 Å². The zero-order valence-corrected chi connectivity index (χ0v) is 19.3. The van der Waals surface area contributed by atoms with Crippen molar-refractivity contribution < 1.29 is 14.2 Å². The third kappa shape index (κ3) is 5.67. The predicted molar refractivity (Wildman–Crippen MR) is 130 cm³/mol. The number of rotatable bonds is 8. The van der Waals surface area contributed by atoms with Gasteiger partial charge in [0.25, 0.3) is 0 Å². The summed E-state index contributed by atoms with van der Waals surface area (Å²) in [6.45, 7) is 6.44. The van der Waals surface area contributed by atoms with Crippen LogP contribution in [0.15, 0.2) is 60.7 Å². The van der Waals surface area contributed by atoms with Gasteiger partial charge in [-0.25, -0.2) is 0 Å². The number of benzene rings is 3. The van der Waals surface area contributed by atoms with Gasteiger partial charge in [-0.3, -0.25) is 0 Å². The molecule has 0 atom stereocenters. The highest BCUT2D eigenvalue weighted by Crippen LogP contribution is 2.31. The zero-order chi connectivity index (χ0) is 22.3. The van der Waals surface area contributed by atoms with Crippen LogP contribution in [0.5, 0.6) is 11.5 Å². The first-order valence-corrected chi connectivity index (χ1v) is 11.2. The van der Waals surface area contributed by atoms with Crippen molar-refractivity contribution in [1.82, 2.24) is 0 Å². The van der Waals surface area contributed by atoms with Crippen LogP contribution in [0.1, 0.15) is 16.7 Å². The molecule has 168 valence electrons. The Labute approximate surface area is 194 Å². The number of methoxy groups -OCH3 is 1. The summed E-state index contributed by atoms with van der Waals surface area (Å²) in [6.07, 6.45) is 0. The highest BCUT2D eigenvalue weighted by molar-refractivity contribution is 6.33. The van der Waals surface area contributed by atoms with Gasteiger partial charge in [0, 0.05) is 25.3 Å². The molecule has 5 nitrogen and oxygen atoms in total. The van der Waals surface area contributed by atoms with Crippen LogP contribution in [0, 0.1) is 6.92 Å². The van der Waals surface area contributed by atoms with Crippen LogP contribution in [-0.4, -0.2) is 33.4 Å². The van der Waals surface area contributed by atoms with Gasteiger partial charge in [-0.15, -0.1) is 0 Å². The maximum Gasteiger partial charge on any atom is 0.161 e. The van der Waals surface area contributed by atoms with E-state index < -0.39 is 0 Å².